The Balaban J connectivity index is 1.55. The minimum absolute atomic E-state index is 0.0110. The second kappa shape index (κ2) is 5.83. The number of hydrogen-bond acceptors (Lipinski definition) is 4. The molecule has 5 nitrogen and oxygen atoms in total. The highest BCUT2D eigenvalue weighted by Crippen LogP contribution is 2.44. The summed E-state index contributed by atoms with van der Waals surface area (Å²) in [5, 5.41) is 9.38. The second-order valence-electron chi connectivity index (χ2n) is 6.73. The number of benzene rings is 1. The third-order valence-electron chi connectivity index (χ3n) is 5.36. The lowest BCUT2D eigenvalue weighted by molar-refractivity contribution is -0.128. The van der Waals surface area contributed by atoms with Crippen molar-refractivity contribution < 1.29 is 9.59 Å². The van der Waals surface area contributed by atoms with Gasteiger partial charge in [0.1, 0.15) is 0 Å². The van der Waals surface area contributed by atoms with Gasteiger partial charge in [0.05, 0.1) is 16.9 Å². The van der Waals surface area contributed by atoms with Crippen LogP contribution in [-0.4, -0.2) is 30.7 Å². The largest absolute Gasteiger partial charge is 0.325 e. The van der Waals surface area contributed by atoms with Gasteiger partial charge in [-0.1, -0.05) is 12.8 Å². The lowest BCUT2D eigenvalue weighted by atomic mass is 9.67. The number of amides is 2. The number of rotatable bonds is 2. The number of nitrogens with one attached hydrogen (secondary N) is 3. The molecule has 0 unspecified atom stereocenters. The van der Waals surface area contributed by atoms with Crippen molar-refractivity contribution in [2.45, 2.75) is 30.6 Å². The molecule has 2 fully saturated rings. The summed E-state index contributed by atoms with van der Waals surface area (Å²) in [4.78, 5) is 25.5. The van der Waals surface area contributed by atoms with Crippen LogP contribution in [0.4, 0.5) is 11.4 Å². The van der Waals surface area contributed by atoms with Crippen molar-refractivity contribution in [2.24, 2.45) is 11.3 Å². The summed E-state index contributed by atoms with van der Waals surface area (Å²) in [6.45, 7) is 1.73. The molecular weight excluding hydrogens is 310 g/mol. The van der Waals surface area contributed by atoms with E-state index < -0.39 is 0 Å². The van der Waals surface area contributed by atoms with E-state index in [-0.39, 0.29) is 17.2 Å². The molecule has 2 amide bonds. The van der Waals surface area contributed by atoms with Gasteiger partial charge >= 0.3 is 0 Å². The van der Waals surface area contributed by atoms with Crippen LogP contribution in [-0.2, 0) is 9.59 Å². The molecule has 1 aromatic rings. The molecule has 122 valence electrons. The molecule has 1 saturated heterocycles. The van der Waals surface area contributed by atoms with E-state index in [9.17, 15) is 9.59 Å². The maximum atomic E-state index is 13.0. The van der Waals surface area contributed by atoms with Crippen LogP contribution in [0.25, 0.3) is 0 Å². The van der Waals surface area contributed by atoms with Crippen LogP contribution in [0.3, 0.4) is 0 Å². The maximum Gasteiger partial charge on any atom is 0.234 e. The van der Waals surface area contributed by atoms with Gasteiger partial charge in [-0.05, 0) is 43.5 Å². The molecule has 2 atom stereocenters. The summed E-state index contributed by atoms with van der Waals surface area (Å²) in [7, 11) is 0. The third-order valence-corrected chi connectivity index (χ3v) is 6.43. The predicted octanol–water partition coefficient (Wildman–Crippen LogP) is 2.45. The maximum absolute atomic E-state index is 13.0. The van der Waals surface area contributed by atoms with Gasteiger partial charge in [0.15, 0.2) is 0 Å². The van der Waals surface area contributed by atoms with Crippen LogP contribution < -0.4 is 16.0 Å². The first-order valence-corrected chi connectivity index (χ1v) is 9.25. The fourth-order valence-corrected chi connectivity index (χ4v) is 4.90. The van der Waals surface area contributed by atoms with Crippen LogP contribution >= 0.6 is 11.8 Å². The summed E-state index contributed by atoms with van der Waals surface area (Å²) in [6.07, 6.45) is 4.46. The van der Waals surface area contributed by atoms with Crippen LogP contribution in [0.15, 0.2) is 23.1 Å². The number of thioether (sulfide) groups is 1. The Kier molecular flexibility index (Phi) is 3.81. The van der Waals surface area contributed by atoms with Crippen LogP contribution in [0, 0.1) is 11.3 Å². The Hall–Kier alpha value is -1.53. The van der Waals surface area contributed by atoms with Gasteiger partial charge in [-0.15, -0.1) is 11.8 Å². The number of carbonyl (C=O) groups excluding carboxylic acids is 2. The van der Waals surface area contributed by atoms with Gasteiger partial charge in [0.2, 0.25) is 11.8 Å². The van der Waals surface area contributed by atoms with E-state index in [0.717, 1.165) is 48.6 Å². The molecule has 0 radical (unpaired) electrons. The first-order valence-electron chi connectivity index (χ1n) is 8.26. The zero-order chi connectivity index (χ0) is 15.9. The summed E-state index contributed by atoms with van der Waals surface area (Å²) < 4.78 is 0. The quantitative estimate of drug-likeness (QED) is 0.778. The van der Waals surface area contributed by atoms with E-state index in [4.69, 9.17) is 0 Å². The fourth-order valence-electron chi connectivity index (χ4n) is 4.11. The number of hydrogen-bond donors (Lipinski definition) is 3. The van der Waals surface area contributed by atoms with E-state index >= 15 is 0 Å². The number of carbonyl (C=O) groups is 2. The van der Waals surface area contributed by atoms with Crippen LogP contribution in [0.2, 0.25) is 0 Å². The smallest absolute Gasteiger partial charge is 0.234 e. The summed E-state index contributed by atoms with van der Waals surface area (Å²) in [6, 6.07) is 5.77. The Bertz CT molecular complexity index is 663. The molecule has 1 aliphatic carbocycles. The molecule has 3 N–H and O–H groups in total. The van der Waals surface area contributed by atoms with E-state index in [2.05, 4.69) is 16.0 Å². The van der Waals surface area contributed by atoms with Gasteiger partial charge in [0.25, 0.3) is 0 Å². The Morgan fingerprint density at radius 1 is 1.35 bits per heavy atom. The summed E-state index contributed by atoms with van der Waals surface area (Å²) in [5.74, 6) is 1.04. The fraction of sp³-hybridized carbons (Fsp3) is 0.529. The Morgan fingerprint density at radius 2 is 2.26 bits per heavy atom. The predicted molar refractivity (Wildman–Crippen MR) is 91.7 cm³/mol. The van der Waals surface area contributed by atoms with E-state index in [1.54, 1.807) is 0 Å². The standard InChI is InChI=1S/C17H21N3O2S/c21-15-9-23-14-5-4-12(7-13(14)20-15)19-16(22)17-6-2-1-3-11(17)8-18-10-17/h4-5,7,11,18H,1-3,6,8-10H2,(H,19,22)(H,20,21)/t11-,17+/m0/s1. The molecule has 0 aromatic heterocycles. The normalized spacial score (nSPS) is 29.4. The van der Waals surface area contributed by atoms with Crippen LogP contribution in [0.1, 0.15) is 25.7 Å². The van der Waals surface area contributed by atoms with Crippen molar-refractivity contribution in [1.29, 1.82) is 0 Å². The highest BCUT2D eigenvalue weighted by molar-refractivity contribution is 8.00. The van der Waals surface area contributed by atoms with E-state index in [0.29, 0.717) is 11.7 Å². The van der Waals surface area contributed by atoms with E-state index in [1.165, 1.54) is 18.2 Å². The van der Waals surface area contributed by atoms with Gasteiger partial charge in [-0.3, -0.25) is 9.59 Å². The van der Waals surface area contributed by atoms with Gasteiger partial charge in [-0.25, -0.2) is 0 Å². The lowest BCUT2D eigenvalue weighted by Gasteiger charge is -2.37. The monoisotopic (exact) mass is 331 g/mol. The van der Waals surface area contributed by atoms with Gasteiger partial charge in [0, 0.05) is 17.1 Å². The molecule has 6 heteroatoms. The van der Waals surface area contributed by atoms with Crippen molar-refractivity contribution in [3.8, 4) is 0 Å². The SMILES string of the molecule is O=C1CSc2ccc(NC(=O)[C@@]34CCCC[C@H]3CNC4)cc2N1. The highest BCUT2D eigenvalue weighted by Gasteiger charge is 2.49. The van der Waals surface area contributed by atoms with Crippen molar-refractivity contribution in [1.82, 2.24) is 5.32 Å². The highest BCUT2D eigenvalue weighted by atomic mass is 32.2. The average molecular weight is 331 g/mol. The Morgan fingerprint density at radius 3 is 3.17 bits per heavy atom. The van der Waals surface area contributed by atoms with Crippen LogP contribution in [0.5, 0.6) is 0 Å². The molecule has 0 bridgehead atoms. The molecule has 4 rings (SSSR count). The molecule has 3 aliphatic rings. The number of fused-ring (bicyclic) bond motifs is 2. The van der Waals surface area contributed by atoms with Crippen molar-refractivity contribution in [2.75, 3.05) is 29.5 Å². The zero-order valence-electron chi connectivity index (χ0n) is 13.0. The minimum Gasteiger partial charge on any atom is -0.325 e. The van der Waals surface area contributed by atoms with Crippen molar-refractivity contribution in [3.05, 3.63) is 18.2 Å². The average Bonchev–Trinajstić information content (AvgIpc) is 2.99. The van der Waals surface area contributed by atoms with Crippen molar-refractivity contribution >= 4 is 35.0 Å². The molecular formula is C17H21N3O2S. The lowest BCUT2D eigenvalue weighted by Crippen LogP contribution is -2.44. The molecule has 1 saturated carbocycles. The minimum atomic E-state index is -0.258. The second-order valence-corrected chi connectivity index (χ2v) is 7.75. The van der Waals surface area contributed by atoms with Gasteiger partial charge in [-0.2, -0.15) is 0 Å². The first kappa shape index (κ1) is 15.0. The van der Waals surface area contributed by atoms with Crippen molar-refractivity contribution in [3.63, 3.8) is 0 Å². The Labute approximate surface area is 140 Å². The molecule has 1 aromatic carbocycles. The summed E-state index contributed by atoms with van der Waals surface area (Å²) in [5.41, 5.74) is 1.31. The molecule has 23 heavy (non-hydrogen) atoms. The molecule has 0 spiro atoms. The molecule has 2 heterocycles. The third kappa shape index (κ3) is 2.64. The van der Waals surface area contributed by atoms with Gasteiger partial charge < -0.3 is 16.0 Å². The first-order chi connectivity index (χ1) is 11.2. The summed E-state index contributed by atoms with van der Waals surface area (Å²) >= 11 is 1.53. The zero-order valence-corrected chi connectivity index (χ0v) is 13.8. The topological polar surface area (TPSA) is 70.2 Å². The number of anilines is 2. The van der Waals surface area contributed by atoms with E-state index in [1.807, 2.05) is 18.2 Å². The molecule has 2 aliphatic heterocycles.